The summed E-state index contributed by atoms with van der Waals surface area (Å²) >= 11 is 3.35. The number of amides is 2. The van der Waals surface area contributed by atoms with Crippen molar-refractivity contribution in [3.05, 3.63) is 28.7 Å². The second-order valence-electron chi connectivity index (χ2n) is 4.46. The fraction of sp³-hybridized carbons (Fsp3) is 0.385. The Balaban J connectivity index is 2.20. The summed E-state index contributed by atoms with van der Waals surface area (Å²) in [6, 6.07) is 6.79. The van der Waals surface area contributed by atoms with Crippen molar-refractivity contribution < 1.29 is 14.7 Å². The van der Waals surface area contributed by atoms with Gasteiger partial charge in [-0.1, -0.05) is 15.9 Å². The predicted molar refractivity (Wildman–Crippen MR) is 75.3 cm³/mol. The first-order chi connectivity index (χ1) is 9.08. The van der Waals surface area contributed by atoms with Crippen LogP contribution in [0.2, 0.25) is 0 Å². The fourth-order valence-electron chi connectivity index (χ4n) is 2.20. The van der Waals surface area contributed by atoms with Gasteiger partial charge in [0.05, 0.1) is 0 Å². The van der Waals surface area contributed by atoms with Gasteiger partial charge in [0.25, 0.3) is 0 Å². The molecule has 19 heavy (non-hydrogen) atoms. The van der Waals surface area contributed by atoms with Crippen LogP contribution in [0.5, 0.6) is 0 Å². The van der Waals surface area contributed by atoms with Crippen LogP contribution in [0.1, 0.15) is 19.3 Å². The van der Waals surface area contributed by atoms with Crippen LogP contribution in [0.3, 0.4) is 0 Å². The maximum absolute atomic E-state index is 12.4. The first kappa shape index (κ1) is 13.9. The molecule has 0 aliphatic carbocycles. The summed E-state index contributed by atoms with van der Waals surface area (Å²) in [7, 11) is 0. The molecule has 0 bridgehead atoms. The number of rotatable bonds is 2. The second-order valence-corrected chi connectivity index (χ2v) is 5.38. The lowest BCUT2D eigenvalue weighted by atomic mass is 10.1. The Morgan fingerprint density at radius 1 is 1.32 bits per heavy atom. The van der Waals surface area contributed by atoms with Crippen molar-refractivity contribution in [2.24, 2.45) is 0 Å². The smallest absolute Gasteiger partial charge is 0.405 e. The summed E-state index contributed by atoms with van der Waals surface area (Å²) in [6.07, 6.45) is 1.11. The Bertz CT molecular complexity index is 475. The van der Waals surface area contributed by atoms with Crippen molar-refractivity contribution in [3.63, 3.8) is 0 Å². The Kier molecular flexibility index (Phi) is 4.42. The van der Waals surface area contributed by atoms with Gasteiger partial charge in [-0.3, -0.25) is 4.79 Å². The highest BCUT2D eigenvalue weighted by molar-refractivity contribution is 9.10. The maximum Gasteiger partial charge on any atom is 0.405 e. The SMILES string of the molecule is O=C(O)NC1CCCCN(c2ccc(Br)cc2)C1=O. The molecule has 0 saturated carbocycles. The van der Waals surface area contributed by atoms with E-state index in [0.717, 1.165) is 23.0 Å². The molecule has 0 radical (unpaired) electrons. The summed E-state index contributed by atoms with van der Waals surface area (Å²) in [6.45, 7) is 0.623. The number of benzene rings is 1. The Hall–Kier alpha value is -1.56. The van der Waals surface area contributed by atoms with E-state index in [1.165, 1.54) is 0 Å². The average Bonchev–Trinajstić information content (AvgIpc) is 2.54. The van der Waals surface area contributed by atoms with Crippen molar-refractivity contribution in [2.75, 3.05) is 11.4 Å². The minimum Gasteiger partial charge on any atom is -0.465 e. The zero-order valence-electron chi connectivity index (χ0n) is 10.3. The fourth-order valence-corrected chi connectivity index (χ4v) is 2.46. The highest BCUT2D eigenvalue weighted by Crippen LogP contribution is 2.22. The van der Waals surface area contributed by atoms with Crippen LogP contribution in [0.4, 0.5) is 10.5 Å². The number of carboxylic acid groups (broad SMARTS) is 1. The summed E-state index contributed by atoms with van der Waals surface area (Å²) < 4.78 is 0.943. The van der Waals surface area contributed by atoms with E-state index in [4.69, 9.17) is 5.11 Å². The molecule has 2 rings (SSSR count). The molecule has 0 aromatic heterocycles. The molecule has 1 unspecified atom stereocenters. The monoisotopic (exact) mass is 326 g/mol. The van der Waals surface area contributed by atoms with Gasteiger partial charge in [-0.05, 0) is 43.5 Å². The number of halogens is 1. The van der Waals surface area contributed by atoms with Gasteiger partial charge >= 0.3 is 6.09 Å². The normalized spacial score (nSPS) is 19.9. The molecule has 2 N–H and O–H groups in total. The second kappa shape index (κ2) is 6.06. The van der Waals surface area contributed by atoms with E-state index in [1.807, 2.05) is 24.3 Å². The van der Waals surface area contributed by atoms with Crippen LogP contribution in [0, 0.1) is 0 Å². The largest absolute Gasteiger partial charge is 0.465 e. The molecule has 5 nitrogen and oxygen atoms in total. The topological polar surface area (TPSA) is 69.6 Å². The molecular weight excluding hydrogens is 312 g/mol. The minimum atomic E-state index is -1.16. The number of carbonyl (C=O) groups excluding carboxylic acids is 1. The number of hydrogen-bond donors (Lipinski definition) is 2. The highest BCUT2D eigenvalue weighted by Gasteiger charge is 2.28. The number of carbonyl (C=O) groups is 2. The van der Waals surface area contributed by atoms with Crippen molar-refractivity contribution >= 4 is 33.6 Å². The number of anilines is 1. The molecule has 1 saturated heterocycles. The van der Waals surface area contributed by atoms with Crippen molar-refractivity contribution in [1.29, 1.82) is 0 Å². The van der Waals surface area contributed by atoms with Gasteiger partial charge in [-0.25, -0.2) is 4.79 Å². The molecule has 6 heteroatoms. The van der Waals surface area contributed by atoms with Gasteiger partial charge in [-0.2, -0.15) is 0 Å². The predicted octanol–water partition coefficient (Wildman–Crippen LogP) is 2.60. The van der Waals surface area contributed by atoms with Gasteiger partial charge in [0.2, 0.25) is 5.91 Å². The van der Waals surface area contributed by atoms with E-state index in [-0.39, 0.29) is 5.91 Å². The molecular formula is C13H15BrN2O3. The maximum atomic E-state index is 12.4. The third-order valence-electron chi connectivity index (χ3n) is 3.12. The average molecular weight is 327 g/mol. The first-order valence-electron chi connectivity index (χ1n) is 6.14. The van der Waals surface area contributed by atoms with Gasteiger partial charge < -0.3 is 15.3 Å². The lowest BCUT2D eigenvalue weighted by Gasteiger charge is -2.24. The van der Waals surface area contributed by atoms with Gasteiger partial charge in [0.15, 0.2) is 0 Å². The van der Waals surface area contributed by atoms with Gasteiger partial charge in [0, 0.05) is 16.7 Å². The quantitative estimate of drug-likeness (QED) is 0.877. The lowest BCUT2D eigenvalue weighted by Crippen LogP contribution is -2.47. The Labute approximate surface area is 119 Å². The lowest BCUT2D eigenvalue weighted by molar-refractivity contribution is -0.120. The minimum absolute atomic E-state index is 0.178. The highest BCUT2D eigenvalue weighted by atomic mass is 79.9. The van der Waals surface area contributed by atoms with Gasteiger partial charge in [0.1, 0.15) is 6.04 Å². The molecule has 1 aliphatic heterocycles. The molecule has 1 aliphatic rings. The third kappa shape index (κ3) is 3.47. The summed E-state index contributed by atoms with van der Waals surface area (Å²) in [5, 5.41) is 11.1. The van der Waals surface area contributed by atoms with Crippen LogP contribution < -0.4 is 10.2 Å². The van der Waals surface area contributed by atoms with E-state index < -0.39 is 12.1 Å². The third-order valence-corrected chi connectivity index (χ3v) is 3.65. The van der Waals surface area contributed by atoms with Crippen LogP contribution in [-0.4, -0.2) is 29.7 Å². The Morgan fingerprint density at radius 3 is 2.63 bits per heavy atom. The summed E-state index contributed by atoms with van der Waals surface area (Å²) in [5.74, 6) is -0.178. The van der Waals surface area contributed by atoms with Crippen molar-refractivity contribution in [2.45, 2.75) is 25.3 Å². The van der Waals surface area contributed by atoms with Crippen LogP contribution in [0.15, 0.2) is 28.7 Å². The molecule has 1 aromatic carbocycles. The van der Waals surface area contributed by atoms with Gasteiger partial charge in [-0.15, -0.1) is 0 Å². The van der Waals surface area contributed by atoms with Crippen LogP contribution >= 0.6 is 15.9 Å². The number of nitrogens with zero attached hydrogens (tertiary/aromatic N) is 1. The number of nitrogens with one attached hydrogen (secondary N) is 1. The molecule has 1 heterocycles. The van der Waals surface area contributed by atoms with Crippen molar-refractivity contribution in [3.8, 4) is 0 Å². The molecule has 102 valence electrons. The Morgan fingerprint density at radius 2 is 2.00 bits per heavy atom. The van der Waals surface area contributed by atoms with Crippen LogP contribution in [0.25, 0.3) is 0 Å². The summed E-state index contributed by atoms with van der Waals surface area (Å²) in [5.41, 5.74) is 0.798. The first-order valence-corrected chi connectivity index (χ1v) is 6.93. The van der Waals surface area contributed by atoms with Crippen molar-refractivity contribution in [1.82, 2.24) is 5.32 Å². The van der Waals surface area contributed by atoms with Crippen LogP contribution in [-0.2, 0) is 4.79 Å². The molecule has 1 fully saturated rings. The standard InChI is InChI=1S/C13H15BrN2O3/c14-9-4-6-10(7-5-9)16-8-2-1-3-11(12(16)17)15-13(18)19/h4-7,11,15H,1-3,8H2,(H,18,19). The van der Waals surface area contributed by atoms with E-state index in [1.54, 1.807) is 4.90 Å². The summed E-state index contributed by atoms with van der Waals surface area (Å²) in [4.78, 5) is 24.7. The zero-order chi connectivity index (χ0) is 13.8. The molecule has 1 atom stereocenters. The van der Waals surface area contributed by atoms with E-state index in [9.17, 15) is 9.59 Å². The zero-order valence-corrected chi connectivity index (χ0v) is 11.9. The number of hydrogen-bond acceptors (Lipinski definition) is 2. The molecule has 0 spiro atoms. The van der Waals surface area contributed by atoms with E-state index >= 15 is 0 Å². The van der Waals surface area contributed by atoms with E-state index in [2.05, 4.69) is 21.2 Å². The van der Waals surface area contributed by atoms with E-state index in [0.29, 0.717) is 13.0 Å². The molecule has 1 aromatic rings. The molecule has 2 amide bonds.